The van der Waals surface area contributed by atoms with Gasteiger partial charge in [0.15, 0.2) is 0 Å². The zero-order valence-electron chi connectivity index (χ0n) is 18.4. The largest absolute Gasteiger partial charge is 0.507 e. The molecule has 1 amide bonds. The molecule has 1 N–H and O–H groups in total. The number of rotatable bonds is 8. The molecule has 1 heterocycles. The number of carbonyl (C=O) groups is 2. The summed E-state index contributed by atoms with van der Waals surface area (Å²) < 4.78 is 10.9. The summed E-state index contributed by atoms with van der Waals surface area (Å²) in [7, 11) is 1.54. The summed E-state index contributed by atoms with van der Waals surface area (Å²) in [6, 6.07) is 13.8. The minimum absolute atomic E-state index is 0.0857. The number of amides is 1. The Morgan fingerprint density at radius 2 is 1.84 bits per heavy atom. The van der Waals surface area contributed by atoms with Crippen LogP contribution in [0.3, 0.4) is 0 Å². The molecule has 6 heteroatoms. The number of aliphatic hydroxyl groups is 1. The highest BCUT2D eigenvalue weighted by atomic mass is 16.5. The number of ketones is 1. The van der Waals surface area contributed by atoms with Crippen molar-refractivity contribution < 1.29 is 24.2 Å². The predicted molar refractivity (Wildman–Crippen MR) is 119 cm³/mol. The van der Waals surface area contributed by atoms with Gasteiger partial charge in [0.2, 0.25) is 0 Å². The fourth-order valence-electron chi connectivity index (χ4n) is 3.65. The highest BCUT2D eigenvalue weighted by Gasteiger charge is 2.45. The van der Waals surface area contributed by atoms with Crippen molar-refractivity contribution in [2.75, 3.05) is 26.9 Å². The van der Waals surface area contributed by atoms with E-state index in [1.165, 1.54) is 4.90 Å². The van der Waals surface area contributed by atoms with E-state index < -0.39 is 17.7 Å². The Morgan fingerprint density at radius 1 is 1.13 bits per heavy atom. The lowest BCUT2D eigenvalue weighted by Gasteiger charge is -2.25. The lowest BCUT2D eigenvalue weighted by atomic mass is 9.95. The lowest BCUT2D eigenvalue weighted by molar-refractivity contribution is -0.140. The molecule has 0 bridgehead atoms. The zero-order valence-corrected chi connectivity index (χ0v) is 18.4. The Bertz CT molecular complexity index is 981. The van der Waals surface area contributed by atoms with E-state index in [0.717, 1.165) is 16.9 Å². The molecular formula is C25H29NO5. The van der Waals surface area contributed by atoms with E-state index in [0.29, 0.717) is 18.1 Å². The Labute approximate surface area is 183 Å². The number of nitrogens with zero attached hydrogens (tertiary/aromatic N) is 1. The Morgan fingerprint density at radius 3 is 2.45 bits per heavy atom. The van der Waals surface area contributed by atoms with Gasteiger partial charge in [0.1, 0.15) is 11.5 Å². The molecule has 0 aliphatic carbocycles. The molecule has 0 aromatic heterocycles. The number of aryl methyl sites for hydroxylation is 1. The average molecular weight is 424 g/mol. The van der Waals surface area contributed by atoms with Crippen LogP contribution in [0.4, 0.5) is 0 Å². The Hall–Kier alpha value is -3.12. The highest BCUT2D eigenvalue weighted by molar-refractivity contribution is 6.46. The van der Waals surface area contributed by atoms with Crippen LogP contribution in [0.25, 0.3) is 5.76 Å². The average Bonchev–Trinajstić information content (AvgIpc) is 3.01. The second kappa shape index (κ2) is 9.79. The van der Waals surface area contributed by atoms with Crippen molar-refractivity contribution in [1.82, 2.24) is 4.90 Å². The van der Waals surface area contributed by atoms with Crippen LogP contribution in [0.1, 0.15) is 36.6 Å². The smallest absolute Gasteiger partial charge is 0.295 e. The number of ether oxygens (including phenoxy) is 2. The van der Waals surface area contributed by atoms with E-state index in [-0.39, 0.29) is 24.5 Å². The minimum Gasteiger partial charge on any atom is -0.507 e. The van der Waals surface area contributed by atoms with E-state index in [9.17, 15) is 14.7 Å². The number of Topliss-reactive ketones (excluding diaryl/α,β-unsaturated/α-hetero) is 1. The summed E-state index contributed by atoms with van der Waals surface area (Å²) in [6.45, 7) is 7.16. The van der Waals surface area contributed by atoms with Gasteiger partial charge in [-0.2, -0.15) is 0 Å². The van der Waals surface area contributed by atoms with Crippen molar-refractivity contribution in [3.63, 3.8) is 0 Å². The Kier molecular flexibility index (Phi) is 7.13. The zero-order chi connectivity index (χ0) is 22.5. The summed E-state index contributed by atoms with van der Waals surface area (Å²) in [4.78, 5) is 27.2. The molecule has 6 nitrogen and oxygen atoms in total. The number of hydrogen-bond acceptors (Lipinski definition) is 5. The lowest BCUT2D eigenvalue weighted by Crippen LogP contribution is -2.32. The first-order valence-electron chi connectivity index (χ1n) is 10.4. The molecule has 1 aliphatic rings. The molecular weight excluding hydrogens is 394 g/mol. The number of hydrogen-bond donors (Lipinski definition) is 1. The molecule has 2 aromatic carbocycles. The molecule has 0 unspecified atom stereocenters. The van der Waals surface area contributed by atoms with Gasteiger partial charge >= 0.3 is 0 Å². The third-order valence-electron chi connectivity index (χ3n) is 5.21. The number of carbonyl (C=O) groups excluding carboxylic acids is 2. The number of aliphatic hydroxyl groups excluding tert-OH is 1. The van der Waals surface area contributed by atoms with Gasteiger partial charge in [-0.1, -0.05) is 44.2 Å². The third kappa shape index (κ3) is 4.80. The molecule has 1 aliphatic heterocycles. The van der Waals surface area contributed by atoms with Gasteiger partial charge in [0.25, 0.3) is 11.7 Å². The van der Waals surface area contributed by atoms with E-state index in [2.05, 4.69) is 13.8 Å². The number of likely N-dealkylation sites (tertiary alicyclic amines) is 1. The van der Waals surface area contributed by atoms with Crippen LogP contribution in [0.15, 0.2) is 54.1 Å². The summed E-state index contributed by atoms with van der Waals surface area (Å²) in [5, 5.41) is 11.1. The van der Waals surface area contributed by atoms with Crippen LogP contribution in [-0.2, 0) is 14.3 Å². The SMILES string of the molecule is COCCN1C(=O)C(=O)/C(=C(/O)c2ccc(OCC(C)C)c(C)c2)[C@H]1c1ccccc1. The predicted octanol–water partition coefficient (Wildman–Crippen LogP) is 4.10. The van der Waals surface area contributed by atoms with Gasteiger partial charge in [-0.15, -0.1) is 0 Å². The molecule has 31 heavy (non-hydrogen) atoms. The van der Waals surface area contributed by atoms with Crippen LogP contribution in [0.2, 0.25) is 0 Å². The van der Waals surface area contributed by atoms with Crippen molar-refractivity contribution in [3.05, 3.63) is 70.8 Å². The van der Waals surface area contributed by atoms with Gasteiger partial charge < -0.3 is 19.5 Å². The Balaban J connectivity index is 2.05. The second-order valence-electron chi connectivity index (χ2n) is 8.08. The van der Waals surface area contributed by atoms with Crippen LogP contribution in [-0.4, -0.2) is 48.6 Å². The maximum absolute atomic E-state index is 12.9. The van der Waals surface area contributed by atoms with Gasteiger partial charge in [0, 0.05) is 19.2 Å². The van der Waals surface area contributed by atoms with Gasteiger partial charge in [-0.25, -0.2) is 0 Å². The summed E-state index contributed by atoms with van der Waals surface area (Å²) in [5.74, 6) is -0.404. The van der Waals surface area contributed by atoms with Crippen LogP contribution >= 0.6 is 0 Å². The summed E-state index contributed by atoms with van der Waals surface area (Å²) in [5.41, 5.74) is 2.16. The van der Waals surface area contributed by atoms with Crippen molar-refractivity contribution in [1.29, 1.82) is 0 Å². The van der Waals surface area contributed by atoms with E-state index in [4.69, 9.17) is 9.47 Å². The molecule has 1 fully saturated rings. The third-order valence-corrected chi connectivity index (χ3v) is 5.21. The summed E-state index contributed by atoms with van der Waals surface area (Å²) in [6.07, 6.45) is 0. The first kappa shape index (κ1) is 22.6. The van der Waals surface area contributed by atoms with Crippen molar-refractivity contribution >= 4 is 17.4 Å². The van der Waals surface area contributed by atoms with Crippen LogP contribution < -0.4 is 4.74 Å². The minimum atomic E-state index is -0.694. The van der Waals surface area contributed by atoms with Gasteiger partial charge in [-0.3, -0.25) is 9.59 Å². The van der Waals surface area contributed by atoms with E-state index in [1.807, 2.05) is 37.3 Å². The topological polar surface area (TPSA) is 76.1 Å². The monoisotopic (exact) mass is 423 g/mol. The number of methoxy groups -OCH3 is 1. The molecule has 0 spiro atoms. The first-order valence-corrected chi connectivity index (χ1v) is 10.4. The molecule has 1 saturated heterocycles. The van der Waals surface area contributed by atoms with E-state index >= 15 is 0 Å². The highest BCUT2D eigenvalue weighted by Crippen LogP contribution is 2.39. The fraction of sp³-hybridized carbons (Fsp3) is 0.360. The van der Waals surface area contributed by atoms with Crippen molar-refractivity contribution in [2.24, 2.45) is 5.92 Å². The first-order chi connectivity index (χ1) is 14.8. The van der Waals surface area contributed by atoms with Crippen molar-refractivity contribution in [3.8, 4) is 5.75 Å². The van der Waals surface area contributed by atoms with Gasteiger partial charge in [0.05, 0.1) is 24.8 Å². The molecule has 0 radical (unpaired) electrons. The normalized spacial score (nSPS) is 18.1. The maximum Gasteiger partial charge on any atom is 0.295 e. The van der Waals surface area contributed by atoms with Crippen LogP contribution in [0, 0.1) is 12.8 Å². The second-order valence-corrected chi connectivity index (χ2v) is 8.08. The molecule has 164 valence electrons. The molecule has 1 atom stereocenters. The quantitative estimate of drug-likeness (QED) is 0.393. The molecule has 0 saturated carbocycles. The fourth-order valence-corrected chi connectivity index (χ4v) is 3.65. The molecule has 2 aromatic rings. The standard InChI is InChI=1S/C25H29NO5/c1-16(2)15-31-20-11-10-19(14-17(20)3)23(27)21-22(18-8-6-5-7-9-18)26(12-13-30-4)25(29)24(21)28/h5-11,14,16,22,27H,12-13,15H2,1-4H3/b23-21+/t22-/m1/s1. The van der Waals surface area contributed by atoms with Crippen LogP contribution in [0.5, 0.6) is 5.75 Å². The summed E-state index contributed by atoms with van der Waals surface area (Å²) >= 11 is 0. The van der Waals surface area contributed by atoms with Gasteiger partial charge in [-0.05, 0) is 42.2 Å². The molecule has 3 rings (SSSR count). The maximum atomic E-state index is 12.9. The van der Waals surface area contributed by atoms with Crippen molar-refractivity contribution in [2.45, 2.75) is 26.8 Å². The number of benzene rings is 2. The van der Waals surface area contributed by atoms with E-state index in [1.54, 1.807) is 25.3 Å².